The summed E-state index contributed by atoms with van der Waals surface area (Å²) in [5.41, 5.74) is 4.95. The molecule has 0 unspecified atom stereocenters. The van der Waals surface area contributed by atoms with Gasteiger partial charge in [-0.25, -0.2) is 0 Å². The number of tetrazole rings is 1. The van der Waals surface area contributed by atoms with Gasteiger partial charge >= 0.3 is 6.18 Å². The minimum atomic E-state index is -4.40. The van der Waals surface area contributed by atoms with E-state index < -0.39 is 11.7 Å². The van der Waals surface area contributed by atoms with Crippen molar-refractivity contribution in [2.45, 2.75) is 52.4 Å². The lowest BCUT2D eigenvalue weighted by Crippen LogP contribution is -2.30. The lowest BCUT2D eigenvalue weighted by atomic mass is 9.95. The van der Waals surface area contributed by atoms with Crippen LogP contribution in [0.25, 0.3) is 0 Å². The van der Waals surface area contributed by atoms with Crippen molar-refractivity contribution in [3.8, 4) is 0 Å². The van der Waals surface area contributed by atoms with E-state index in [9.17, 15) is 13.2 Å². The molecule has 1 N–H and O–H groups in total. The van der Waals surface area contributed by atoms with E-state index in [1.165, 1.54) is 16.9 Å². The molecule has 4 rings (SSSR count). The first-order chi connectivity index (χ1) is 15.1. The van der Waals surface area contributed by atoms with Gasteiger partial charge in [-0.2, -0.15) is 18.0 Å². The summed E-state index contributed by atoms with van der Waals surface area (Å²) >= 11 is 0. The molecule has 0 amide bonds. The molecule has 0 bridgehead atoms. The zero-order chi connectivity index (χ0) is 23.0. The second-order valence-electron chi connectivity index (χ2n) is 8.54. The summed E-state index contributed by atoms with van der Waals surface area (Å²) in [4.78, 5) is 3.35. The quantitative estimate of drug-likeness (QED) is 0.606. The highest BCUT2D eigenvalue weighted by molar-refractivity contribution is 5.62. The maximum absolute atomic E-state index is 13.4. The third kappa shape index (κ3) is 4.56. The number of aryl methyl sites for hydroxylation is 4. The predicted octanol–water partition coefficient (Wildman–Crippen LogP) is 5.11. The van der Waals surface area contributed by atoms with E-state index in [4.69, 9.17) is 0 Å². The minimum Gasteiger partial charge on any atom is -0.385 e. The topological polar surface area (TPSA) is 58.9 Å². The van der Waals surface area contributed by atoms with Crippen molar-refractivity contribution in [3.63, 3.8) is 0 Å². The summed E-state index contributed by atoms with van der Waals surface area (Å²) in [6.07, 6.45) is -2.67. The van der Waals surface area contributed by atoms with Gasteiger partial charge < -0.3 is 10.2 Å². The van der Waals surface area contributed by atoms with Crippen molar-refractivity contribution in [2.75, 3.05) is 16.8 Å². The number of hydrogen-bond acceptors (Lipinski definition) is 5. The number of benzene rings is 2. The molecule has 0 aliphatic carbocycles. The van der Waals surface area contributed by atoms with Gasteiger partial charge in [0.2, 0.25) is 0 Å². The number of alkyl halides is 3. The Morgan fingerprint density at radius 1 is 1.09 bits per heavy atom. The van der Waals surface area contributed by atoms with Gasteiger partial charge in [-0.3, -0.25) is 0 Å². The van der Waals surface area contributed by atoms with E-state index in [2.05, 4.69) is 46.7 Å². The van der Waals surface area contributed by atoms with Crippen LogP contribution in [0, 0.1) is 20.8 Å². The Balaban J connectivity index is 1.81. The van der Waals surface area contributed by atoms with Crippen molar-refractivity contribution >= 4 is 11.6 Å². The van der Waals surface area contributed by atoms with Crippen LogP contribution in [0.1, 0.15) is 52.3 Å². The molecular formula is C23H27F3N6. The van der Waals surface area contributed by atoms with Gasteiger partial charge in [0.25, 0.3) is 5.95 Å². The Labute approximate surface area is 185 Å². The lowest BCUT2D eigenvalue weighted by molar-refractivity contribution is -0.137. The van der Waals surface area contributed by atoms with Crippen LogP contribution < -0.4 is 10.2 Å². The van der Waals surface area contributed by atoms with Gasteiger partial charge in [0.1, 0.15) is 0 Å². The second-order valence-corrected chi connectivity index (χ2v) is 8.54. The third-order valence-electron chi connectivity index (χ3n) is 5.77. The molecule has 0 saturated carbocycles. The zero-order valence-electron chi connectivity index (χ0n) is 18.7. The Bertz CT molecular complexity index is 1120. The molecule has 2 aromatic carbocycles. The van der Waals surface area contributed by atoms with Gasteiger partial charge in [-0.15, -0.1) is 5.10 Å². The van der Waals surface area contributed by atoms with Crippen LogP contribution in [-0.4, -0.2) is 26.8 Å². The number of hydrogen-bond donors (Lipinski definition) is 1. The number of nitrogens with one attached hydrogen (secondary N) is 1. The molecule has 170 valence electrons. The average Bonchev–Trinajstić information content (AvgIpc) is 3.01. The number of anilines is 2. The fourth-order valence-electron chi connectivity index (χ4n) is 4.52. The summed E-state index contributed by atoms with van der Waals surface area (Å²) in [6.45, 7) is 6.88. The Hall–Kier alpha value is -3.10. The molecule has 1 aromatic heterocycles. The van der Waals surface area contributed by atoms with Crippen molar-refractivity contribution in [3.05, 3.63) is 63.7 Å². The predicted molar refractivity (Wildman–Crippen MR) is 118 cm³/mol. The number of halogens is 3. The fraction of sp³-hybridized carbons (Fsp3) is 0.435. The summed E-state index contributed by atoms with van der Waals surface area (Å²) in [6, 6.07) is 8.36. The van der Waals surface area contributed by atoms with E-state index >= 15 is 0 Å². The Kier molecular flexibility index (Phi) is 5.83. The highest BCUT2D eigenvalue weighted by Crippen LogP contribution is 2.39. The smallest absolute Gasteiger partial charge is 0.385 e. The van der Waals surface area contributed by atoms with Gasteiger partial charge in [-0.05, 0) is 67.6 Å². The molecule has 0 fully saturated rings. The molecule has 2 heterocycles. The molecule has 6 nitrogen and oxygen atoms in total. The molecule has 1 aliphatic rings. The van der Waals surface area contributed by atoms with Crippen LogP contribution >= 0.6 is 0 Å². The molecular weight excluding hydrogens is 417 g/mol. The van der Waals surface area contributed by atoms with Crippen LogP contribution in [0.4, 0.5) is 24.8 Å². The van der Waals surface area contributed by atoms with Crippen molar-refractivity contribution < 1.29 is 13.2 Å². The summed E-state index contributed by atoms with van der Waals surface area (Å²) < 4.78 is 40.3. The molecule has 0 saturated heterocycles. The molecule has 9 heteroatoms. The first kappa shape index (κ1) is 22.1. The van der Waals surface area contributed by atoms with Gasteiger partial charge in [0.15, 0.2) is 0 Å². The normalized spacial score (nSPS) is 16.3. The number of nitrogens with zero attached hydrogens (tertiary/aromatic N) is 5. The summed E-state index contributed by atoms with van der Waals surface area (Å²) in [7, 11) is 1.68. The van der Waals surface area contributed by atoms with Crippen molar-refractivity contribution in [1.82, 2.24) is 20.2 Å². The molecule has 1 atom stereocenters. The highest BCUT2D eigenvalue weighted by atomic mass is 19.4. The van der Waals surface area contributed by atoms with E-state index in [-0.39, 0.29) is 12.6 Å². The van der Waals surface area contributed by atoms with Crippen LogP contribution in [0.2, 0.25) is 0 Å². The van der Waals surface area contributed by atoms with Crippen molar-refractivity contribution in [1.29, 1.82) is 0 Å². The Morgan fingerprint density at radius 2 is 1.84 bits per heavy atom. The van der Waals surface area contributed by atoms with Gasteiger partial charge in [-0.1, -0.05) is 34.4 Å². The maximum Gasteiger partial charge on any atom is 0.416 e. The lowest BCUT2D eigenvalue weighted by Gasteiger charge is -2.32. The minimum absolute atomic E-state index is 0.0994. The summed E-state index contributed by atoms with van der Waals surface area (Å²) in [5.74, 6) is 0.402. The van der Waals surface area contributed by atoms with Gasteiger partial charge in [0.05, 0.1) is 18.7 Å². The van der Waals surface area contributed by atoms with E-state index in [1.54, 1.807) is 20.0 Å². The maximum atomic E-state index is 13.4. The van der Waals surface area contributed by atoms with Crippen LogP contribution in [0.5, 0.6) is 0 Å². The summed E-state index contributed by atoms with van der Waals surface area (Å²) in [5, 5.41) is 16.1. The molecule has 32 heavy (non-hydrogen) atoms. The Morgan fingerprint density at radius 3 is 2.53 bits per heavy atom. The molecule has 0 radical (unpaired) electrons. The van der Waals surface area contributed by atoms with E-state index in [0.717, 1.165) is 41.8 Å². The average molecular weight is 445 g/mol. The first-order valence-corrected chi connectivity index (χ1v) is 10.7. The molecule has 1 aliphatic heterocycles. The number of rotatable bonds is 4. The third-order valence-corrected chi connectivity index (χ3v) is 5.77. The van der Waals surface area contributed by atoms with Crippen LogP contribution in [-0.2, 0) is 19.8 Å². The monoisotopic (exact) mass is 444 g/mol. The van der Waals surface area contributed by atoms with Gasteiger partial charge in [0, 0.05) is 18.8 Å². The first-order valence-electron chi connectivity index (χ1n) is 10.7. The number of aromatic nitrogens is 4. The van der Waals surface area contributed by atoms with E-state index in [0.29, 0.717) is 17.1 Å². The number of fused-ring (bicyclic) bond motifs is 1. The van der Waals surface area contributed by atoms with Crippen molar-refractivity contribution in [2.24, 2.45) is 7.05 Å². The van der Waals surface area contributed by atoms with Crippen LogP contribution in [0.3, 0.4) is 0 Å². The largest absolute Gasteiger partial charge is 0.416 e. The SMILES string of the molecule is Cc1cc(CN(c2nnn(C)n2)[C@H]2CCCNc3c(C)cc(C)cc32)cc(C(F)(F)F)c1. The second kappa shape index (κ2) is 8.44. The highest BCUT2D eigenvalue weighted by Gasteiger charge is 2.32. The van der Waals surface area contributed by atoms with Crippen LogP contribution in [0.15, 0.2) is 30.3 Å². The standard InChI is InChI=1S/C23H27F3N6/c1-14-8-16(3)21-19(11-14)20(6-5-7-27-21)32(22-28-30-31(4)29-22)13-17-9-15(2)10-18(12-17)23(24,25)26/h8-12,20,27H,5-7,13H2,1-4H3/t20-/m0/s1. The van der Waals surface area contributed by atoms with E-state index in [1.807, 2.05) is 4.90 Å². The zero-order valence-corrected chi connectivity index (χ0v) is 18.7. The molecule has 0 spiro atoms. The molecule has 3 aromatic rings. The fourth-order valence-corrected chi connectivity index (χ4v) is 4.52.